The first kappa shape index (κ1) is 13.3. The summed E-state index contributed by atoms with van der Waals surface area (Å²) in [6.07, 6.45) is -4.85. The van der Waals surface area contributed by atoms with Gasteiger partial charge in [0.05, 0.1) is 12.6 Å². The number of hydrogen-bond acceptors (Lipinski definition) is 6. The van der Waals surface area contributed by atoms with Crippen LogP contribution in [0.1, 0.15) is 0 Å². The molecular formula is C6H13NO5Se. The molecule has 78 valence electrons. The second-order valence-corrected chi connectivity index (χ2v) is 2.81. The first-order valence-electron chi connectivity index (χ1n) is 3.64. The molecule has 1 fully saturated rings. The SMILES string of the molecule is N[C@@H]1[C@@H](O)[C@H](O)[C@@H](CO)O[C@H]1O.[Se]. The van der Waals surface area contributed by atoms with Gasteiger partial charge in [-0.15, -0.1) is 0 Å². The maximum absolute atomic E-state index is 9.20. The molecule has 5 atom stereocenters. The molecule has 0 unspecified atom stereocenters. The Morgan fingerprint density at radius 1 is 1.15 bits per heavy atom. The van der Waals surface area contributed by atoms with Crippen LogP contribution in [-0.4, -0.2) is 74.7 Å². The van der Waals surface area contributed by atoms with Crippen molar-refractivity contribution in [1.29, 1.82) is 0 Å². The van der Waals surface area contributed by atoms with Crippen LogP contribution < -0.4 is 5.73 Å². The summed E-state index contributed by atoms with van der Waals surface area (Å²) in [6, 6.07) is -1.04. The van der Waals surface area contributed by atoms with Crippen LogP contribution in [0, 0.1) is 0 Å². The summed E-state index contributed by atoms with van der Waals surface area (Å²) < 4.78 is 4.70. The van der Waals surface area contributed by atoms with E-state index in [2.05, 4.69) is 0 Å². The van der Waals surface area contributed by atoms with E-state index in [1.807, 2.05) is 0 Å². The van der Waals surface area contributed by atoms with Crippen molar-refractivity contribution in [3.8, 4) is 0 Å². The topological polar surface area (TPSA) is 116 Å². The van der Waals surface area contributed by atoms with Gasteiger partial charge in [0, 0.05) is 17.1 Å². The Labute approximate surface area is 85.8 Å². The average molecular weight is 258 g/mol. The van der Waals surface area contributed by atoms with Crippen LogP contribution in [0.5, 0.6) is 0 Å². The number of aliphatic hydroxyl groups excluding tert-OH is 4. The third-order valence-electron chi connectivity index (χ3n) is 1.95. The largest absolute Gasteiger partial charge is 0.394 e. The van der Waals surface area contributed by atoms with Gasteiger partial charge in [0.2, 0.25) is 0 Å². The minimum atomic E-state index is -1.35. The van der Waals surface area contributed by atoms with Crippen LogP contribution in [0.4, 0.5) is 0 Å². The Bertz CT molecular complexity index is 155. The van der Waals surface area contributed by atoms with Gasteiger partial charge in [0.15, 0.2) is 6.29 Å². The molecule has 0 aromatic carbocycles. The van der Waals surface area contributed by atoms with Crippen molar-refractivity contribution in [1.82, 2.24) is 0 Å². The van der Waals surface area contributed by atoms with Crippen molar-refractivity contribution in [2.75, 3.05) is 6.61 Å². The third-order valence-corrected chi connectivity index (χ3v) is 1.95. The van der Waals surface area contributed by atoms with E-state index in [-0.39, 0.29) is 17.1 Å². The first-order valence-corrected chi connectivity index (χ1v) is 3.64. The van der Waals surface area contributed by atoms with Crippen LogP contribution in [0.3, 0.4) is 0 Å². The maximum atomic E-state index is 9.20. The van der Waals surface area contributed by atoms with E-state index in [0.717, 1.165) is 0 Å². The number of hydrogen-bond donors (Lipinski definition) is 5. The van der Waals surface area contributed by atoms with Gasteiger partial charge in [-0.3, -0.25) is 0 Å². The zero-order chi connectivity index (χ0) is 9.30. The second-order valence-electron chi connectivity index (χ2n) is 2.81. The molecule has 0 aliphatic carbocycles. The molecule has 0 spiro atoms. The third kappa shape index (κ3) is 2.61. The van der Waals surface area contributed by atoms with Gasteiger partial charge >= 0.3 is 0 Å². The molecular weight excluding hydrogens is 245 g/mol. The molecule has 1 saturated heterocycles. The molecule has 0 aromatic heterocycles. The van der Waals surface area contributed by atoms with Gasteiger partial charge in [-0.1, -0.05) is 0 Å². The van der Waals surface area contributed by atoms with Crippen molar-refractivity contribution >= 4 is 17.1 Å². The summed E-state index contributed by atoms with van der Waals surface area (Å²) in [5, 5.41) is 36.1. The fourth-order valence-corrected chi connectivity index (χ4v) is 1.12. The van der Waals surface area contributed by atoms with Gasteiger partial charge in [-0.25, -0.2) is 0 Å². The quantitative estimate of drug-likeness (QED) is 0.310. The number of rotatable bonds is 1. The van der Waals surface area contributed by atoms with Crippen LogP contribution >= 0.6 is 0 Å². The minimum absolute atomic E-state index is 0. The van der Waals surface area contributed by atoms with Crippen LogP contribution in [0.15, 0.2) is 0 Å². The Kier molecular flexibility index (Phi) is 5.34. The van der Waals surface area contributed by atoms with Gasteiger partial charge < -0.3 is 30.9 Å². The van der Waals surface area contributed by atoms with Gasteiger partial charge in [0.25, 0.3) is 0 Å². The summed E-state index contributed by atoms with van der Waals surface area (Å²) in [5.41, 5.74) is 5.26. The second kappa shape index (κ2) is 5.23. The number of ether oxygens (including phenoxy) is 1. The van der Waals surface area contributed by atoms with Crippen LogP contribution in [0.25, 0.3) is 0 Å². The smallest absolute Gasteiger partial charge is 0.173 e. The fourth-order valence-electron chi connectivity index (χ4n) is 1.12. The summed E-state index contributed by atoms with van der Waals surface area (Å²) >= 11 is 0. The van der Waals surface area contributed by atoms with Crippen molar-refractivity contribution in [3.05, 3.63) is 0 Å². The van der Waals surface area contributed by atoms with Gasteiger partial charge in [-0.2, -0.15) is 0 Å². The molecule has 6 N–H and O–H groups in total. The molecule has 7 heteroatoms. The Morgan fingerprint density at radius 3 is 2.15 bits per heavy atom. The molecule has 1 aliphatic rings. The minimum Gasteiger partial charge on any atom is -0.394 e. The number of nitrogens with two attached hydrogens (primary N) is 1. The first-order chi connectivity index (χ1) is 5.57. The fraction of sp³-hybridized carbons (Fsp3) is 1.00. The van der Waals surface area contributed by atoms with E-state index >= 15 is 0 Å². The predicted molar refractivity (Wildman–Crippen MR) is 43.7 cm³/mol. The van der Waals surface area contributed by atoms with Crippen LogP contribution in [-0.2, 0) is 4.74 Å². The zero-order valence-corrected chi connectivity index (χ0v) is 8.49. The molecule has 6 nitrogen and oxygen atoms in total. The van der Waals surface area contributed by atoms with E-state index in [1.165, 1.54) is 0 Å². The standard InChI is InChI=1S/C6H13NO5.Se/c7-3-5(10)4(9)2(1-8)12-6(3)11;/h2-6,8-11H,1,7H2;/t2-,3-,4-,5-,6-;/m1./s1. The van der Waals surface area contributed by atoms with Crippen LogP contribution in [0.2, 0.25) is 0 Å². The van der Waals surface area contributed by atoms with E-state index < -0.39 is 37.3 Å². The molecule has 0 aromatic rings. The summed E-state index contributed by atoms with van der Waals surface area (Å²) in [6.45, 7) is -0.470. The monoisotopic (exact) mass is 259 g/mol. The van der Waals surface area contributed by atoms with E-state index in [4.69, 9.17) is 20.7 Å². The molecule has 13 heavy (non-hydrogen) atoms. The summed E-state index contributed by atoms with van der Waals surface area (Å²) in [4.78, 5) is 0. The van der Waals surface area contributed by atoms with Gasteiger partial charge in [0.1, 0.15) is 18.3 Å². The molecule has 1 aliphatic heterocycles. The van der Waals surface area contributed by atoms with Gasteiger partial charge in [-0.05, 0) is 0 Å². The molecule has 2 radical (unpaired) electrons. The average Bonchev–Trinajstić information content (AvgIpc) is 2.08. The zero-order valence-electron chi connectivity index (χ0n) is 6.78. The van der Waals surface area contributed by atoms with E-state index in [0.29, 0.717) is 0 Å². The number of aliphatic hydroxyl groups is 4. The van der Waals surface area contributed by atoms with E-state index in [9.17, 15) is 10.2 Å². The summed E-state index contributed by atoms with van der Waals surface area (Å²) in [7, 11) is 0. The van der Waals surface area contributed by atoms with Crippen molar-refractivity contribution in [3.63, 3.8) is 0 Å². The molecule has 1 heterocycles. The summed E-state index contributed by atoms with van der Waals surface area (Å²) in [5.74, 6) is 0. The van der Waals surface area contributed by atoms with Crippen molar-refractivity contribution in [2.45, 2.75) is 30.6 Å². The Hall–Kier alpha value is 0.279. The molecule has 0 saturated carbocycles. The Morgan fingerprint density at radius 2 is 1.69 bits per heavy atom. The molecule has 0 amide bonds. The Balaban J connectivity index is 0.00000144. The van der Waals surface area contributed by atoms with Crippen molar-refractivity contribution < 1.29 is 25.2 Å². The van der Waals surface area contributed by atoms with Crippen molar-refractivity contribution in [2.24, 2.45) is 5.73 Å². The maximum Gasteiger partial charge on any atom is 0.173 e. The molecule has 1 rings (SSSR count). The molecule has 0 bridgehead atoms. The normalized spacial score (nSPS) is 45.5. The predicted octanol–water partition coefficient (Wildman–Crippen LogP) is -3.64. The van der Waals surface area contributed by atoms with E-state index in [1.54, 1.807) is 0 Å².